The van der Waals surface area contributed by atoms with Gasteiger partial charge in [0.05, 0.1) is 13.7 Å². The van der Waals surface area contributed by atoms with Gasteiger partial charge in [-0.3, -0.25) is 4.57 Å². The minimum atomic E-state index is -4.18. The highest BCUT2D eigenvalue weighted by molar-refractivity contribution is 7.52. The van der Waals surface area contributed by atoms with E-state index in [4.69, 9.17) is 9.26 Å². The molecule has 0 fully saturated rings. The summed E-state index contributed by atoms with van der Waals surface area (Å²) in [6, 6.07) is 15.3. The molecule has 0 aliphatic heterocycles. The monoisotopic (exact) mass is 308 g/mol. The second-order valence-corrected chi connectivity index (χ2v) is 6.35. The van der Waals surface area contributed by atoms with Gasteiger partial charge >= 0.3 is 7.60 Å². The number of aliphatic hydroxyl groups is 1. The van der Waals surface area contributed by atoms with E-state index in [9.17, 15) is 14.6 Å². The first-order valence-electron chi connectivity index (χ1n) is 6.36. The number of rotatable bonds is 6. The van der Waals surface area contributed by atoms with Gasteiger partial charge in [-0.25, -0.2) is 0 Å². The smallest absolute Gasteiger partial charge is 0.361 e. The molecule has 0 aliphatic carbocycles. The van der Waals surface area contributed by atoms with E-state index in [2.05, 4.69) is 0 Å². The summed E-state index contributed by atoms with van der Waals surface area (Å²) in [7, 11) is -2.66. The molecule has 6 heteroatoms. The lowest BCUT2D eigenvalue weighted by Crippen LogP contribution is -2.02. The highest BCUT2D eigenvalue weighted by Crippen LogP contribution is 2.55. The first kappa shape index (κ1) is 15.7. The molecule has 0 radical (unpaired) electrons. The number of hydrogen-bond acceptors (Lipinski definition) is 4. The average Bonchev–Trinajstić information content (AvgIpc) is 2.53. The second-order valence-electron chi connectivity index (χ2n) is 4.47. The van der Waals surface area contributed by atoms with Crippen molar-refractivity contribution in [2.24, 2.45) is 0 Å². The fraction of sp³-hybridized carbons (Fsp3) is 0.200. The van der Waals surface area contributed by atoms with Gasteiger partial charge in [0.25, 0.3) is 0 Å². The molecule has 5 nitrogen and oxygen atoms in total. The predicted octanol–water partition coefficient (Wildman–Crippen LogP) is 3.09. The molecular formula is C15H17O5P. The van der Waals surface area contributed by atoms with E-state index in [1.54, 1.807) is 36.4 Å². The van der Waals surface area contributed by atoms with Crippen LogP contribution in [0.5, 0.6) is 5.75 Å². The van der Waals surface area contributed by atoms with E-state index in [-0.39, 0.29) is 6.61 Å². The Balaban J connectivity index is 2.05. The highest BCUT2D eigenvalue weighted by Gasteiger charge is 2.32. The van der Waals surface area contributed by atoms with Crippen molar-refractivity contribution in [1.29, 1.82) is 0 Å². The Hall–Kier alpha value is -1.65. The third-order valence-electron chi connectivity index (χ3n) is 2.98. The molecule has 0 heterocycles. The summed E-state index contributed by atoms with van der Waals surface area (Å²) >= 11 is 0. The maximum absolute atomic E-state index is 12.1. The molecule has 0 aliphatic rings. The van der Waals surface area contributed by atoms with Crippen molar-refractivity contribution in [3.8, 4) is 5.75 Å². The van der Waals surface area contributed by atoms with Gasteiger partial charge in [0.2, 0.25) is 0 Å². The van der Waals surface area contributed by atoms with Gasteiger partial charge in [0, 0.05) is 0 Å². The van der Waals surface area contributed by atoms with Crippen LogP contribution in [-0.4, -0.2) is 17.1 Å². The third kappa shape index (κ3) is 4.16. The molecule has 112 valence electrons. The van der Waals surface area contributed by atoms with Gasteiger partial charge in [-0.1, -0.05) is 42.5 Å². The Morgan fingerprint density at radius 2 is 1.71 bits per heavy atom. The Labute approximate surface area is 123 Å². The SMILES string of the molecule is COc1ccc(C(O)P(=O)(O)OCc2ccccc2)cc1. The van der Waals surface area contributed by atoms with Crippen molar-refractivity contribution in [2.45, 2.75) is 12.5 Å². The van der Waals surface area contributed by atoms with Gasteiger partial charge in [0.1, 0.15) is 5.75 Å². The third-order valence-corrected chi connectivity index (χ3v) is 4.40. The average molecular weight is 308 g/mol. The zero-order chi connectivity index (χ0) is 15.3. The van der Waals surface area contributed by atoms with Crippen LogP contribution in [-0.2, 0) is 15.7 Å². The van der Waals surface area contributed by atoms with Crippen LogP contribution in [0.1, 0.15) is 17.0 Å². The number of hydrogen-bond donors (Lipinski definition) is 2. The van der Waals surface area contributed by atoms with Crippen molar-refractivity contribution in [2.75, 3.05) is 7.11 Å². The molecule has 0 amide bonds. The number of benzene rings is 2. The Morgan fingerprint density at radius 1 is 1.10 bits per heavy atom. The van der Waals surface area contributed by atoms with Gasteiger partial charge in [-0.2, -0.15) is 0 Å². The summed E-state index contributed by atoms with van der Waals surface area (Å²) in [5.74, 6) is -0.990. The van der Waals surface area contributed by atoms with Crippen molar-refractivity contribution >= 4 is 7.60 Å². The molecule has 0 spiro atoms. The minimum absolute atomic E-state index is 0.0398. The quantitative estimate of drug-likeness (QED) is 0.802. The normalized spacial score (nSPS) is 15.2. The maximum atomic E-state index is 12.1. The summed E-state index contributed by atoms with van der Waals surface area (Å²) < 4.78 is 22.1. The summed E-state index contributed by atoms with van der Waals surface area (Å²) in [6.07, 6.45) is 0. The number of ether oxygens (including phenoxy) is 1. The van der Waals surface area contributed by atoms with Crippen LogP contribution in [0.25, 0.3) is 0 Å². The Kier molecular flexibility index (Phi) is 5.15. The zero-order valence-corrected chi connectivity index (χ0v) is 12.4. The number of aliphatic hydroxyl groups excluding tert-OH is 1. The molecular weight excluding hydrogens is 291 g/mol. The van der Waals surface area contributed by atoms with E-state index in [1.807, 2.05) is 6.07 Å². The summed E-state index contributed by atoms with van der Waals surface area (Å²) in [4.78, 5) is 9.88. The van der Waals surface area contributed by atoms with Crippen LogP contribution in [0.2, 0.25) is 0 Å². The molecule has 2 unspecified atom stereocenters. The lowest BCUT2D eigenvalue weighted by atomic mass is 10.2. The van der Waals surface area contributed by atoms with Crippen LogP contribution < -0.4 is 4.74 Å². The van der Waals surface area contributed by atoms with E-state index >= 15 is 0 Å². The fourth-order valence-corrected chi connectivity index (χ4v) is 2.80. The molecule has 2 rings (SSSR count). The van der Waals surface area contributed by atoms with Crippen LogP contribution >= 0.6 is 7.60 Å². The van der Waals surface area contributed by atoms with Crippen molar-refractivity contribution in [1.82, 2.24) is 0 Å². The van der Waals surface area contributed by atoms with Gasteiger partial charge in [-0.05, 0) is 23.3 Å². The first-order valence-corrected chi connectivity index (χ1v) is 8.00. The lowest BCUT2D eigenvalue weighted by Gasteiger charge is -2.18. The van der Waals surface area contributed by atoms with Crippen molar-refractivity contribution in [3.05, 3.63) is 65.7 Å². The highest BCUT2D eigenvalue weighted by atomic mass is 31.2. The van der Waals surface area contributed by atoms with E-state index in [0.29, 0.717) is 11.3 Å². The minimum Gasteiger partial charge on any atom is -0.497 e. The molecule has 2 atom stereocenters. The van der Waals surface area contributed by atoms with E-state index in [0.717, 1.165) is 5.56 Å². The molecule has 0 saturated carbocycles. The lowest BCUT2D eigenvalue weighted by molar-refractivity contribution is 0.168. The zero-order valence-electron chi connectivity index (χ0n) is 11.5. The van der Waals surface area contributed by atoms with Gasteiger partial charge < -0.3 is 19.3 Å². The standard InChI is InChI=1S/C15H17O5P/c1-19-14-9-7-13(8-10-14)15(16)21(17,18)20-11-12-5-3-2-4-6-12/h2-10,15-16H,11H2,1H3,(H,17,18). The fourth-order valence-electron chi connectivity index (χ4n) is 1.78. The van der Waals surface area contributed by atoms with Crippen molar-refractivity contribution in [3.63, 3.8) is 0 Å². The molecule has 2 N–H and O–H groups in total. The molecule has 0 bridgehead atoms. The Morgan fingerprint density at radius 3 is 2.29 bits per heavy atom. The van der Waals surface area contributed by atoms with Crippen molar-refractivity contribution < 1.29 is 23.8 Å². The maximum Gasteiger partial charge on any atom is 0.361 e. The number of methoxy groups -OCH3 is 1. The van der Waals surface area contributed by atoms with Gasteiger partial charge in [0.15, 0.2) is 5.85 Å². The van der Waals surface area contributed by atoms with E-state index in [1.165, 1.54) is 19.2 Å². The van der Waals surface area contributed by atoms with Gasteiger partial charge in [-0.15, -0.1) is 0 Å². The second kappa shape index (κ2) is 6.87. The topological polar surface area (TPSA) is 76.0 Å². The van der Waals surface area contributed by atoms with Crippen LogP contribution in [0.3, 0.4) is 0 Å². The molecule has 0 saturated heterocycles. The largest absolute Gasteiger partial charge is 0.497 e. The molecule has 21 heavy (non-hydrogen) atoms. The molecule has 0 aromatic heterocycles. The Bertz CT molecular complexity index is 612. The van der Waals surface area contributed by atoms with Crippen LogP contribution in [0, 0.1) is 0 Å². The predicted molar refractivity (Wildman–Crippen MR) is 79.0 cm³/mol. The summed E-state index contributed by atoms with van der Waals surface area (Å²) in [5.41, 5.74) is 1.06. The summed E-state index contributed by atoms with van der Waals surface area (Å²) in [5, 5.41) is 10.0. The summed E-state index contributed by atoms with van der Waals surface area (Å²) in [6.45, 7) is -0.0398. The van der Waals surface area contributed by atoms with E-state index < -0.39 is 13.4 Å². The molecule has 2 aromatic rings. The first-order chi connectivity index (χ1) is 10.0. The van der Waals surface area contributed by atoms with Crippen LogP contribution in [0.15, 0.2) is 54.6 Å². The molecule has 2 aromatic carbocycles. The van der Waals surface area contributed by atoms with Crippen LogP contribution in [0.4, 0.5) is 0 Å².